The topological polar surface area (TPSA) is 43.4 Å². The minimum absolute atomic E-state index is 0.0594. The normalized spacial score (nSPS) is 11.5. The lowest BCUT2D eigenvalue weighted by atomic mass is 10.2. The van der Waals surface area contributed by atoms with Crippen molar-refractivity contribution in [1.29, 1.82) is 0 Å². The molecule has 0 radical (unpaired) electrons. The average molecular weight is 400 g/mol. The molecule has 6 heteroatoms. The van der Waals surface area contributed by atoms with E-state index >= 15 is 0 Å². The van der Waals surface area contributed by atoms with Gasteiger partial charge in [-0.1, -0.05) is 35.0 Å². The molecule has 0 aliphatic rings. The fraction of sp³-hybridized carbons (Fsp3) is 0.500. The highest BCUT2D eigenvalue weighted by molar-refractivity contribution is 9.10. The molecule has 0 aromatic heterocycles. The van der Waals surface area contributed by atoms with Gasteiger partial charge in [0.15, 0.2) is 9.84 Å². The van der Waals surface area contributed by atoms with Gasteiger partial charge in [0.25, 0.3) is 0 Å². The molecule has 0 bridgehead atoms. The minimum Gasteiger partial charge on any atom is -0.491 e. The lowest BCUT2D eigenvalue weighted by molar-refractivity contribution is 0.336. The molecule has 18 heavy (non-hydrogen) atoms. The number of hydrogen-bond acceptors (Lipinski definition) is 3. The zero-order chi connectivity index (χ0) is 13.6. The van der Waals surface area contributed by atoms with E-state index in [1.54, 1.807) is 0 Å². The Balaban J connectivity index is 2.64. The van der Waals surface area contributed by atoms with Gasteiger partial charge in [0.1, 0.15) is 12.4 Å². The summed E-state index contributed by atoms with van der Waals surface area (Å²) in [4.78, 5) is 0. The van der Waals surface area contributed by atoms with Gasteiger partial charge in [-0.2, -0.15) is 0 Å². The highest BCUT2D eigenvalue weighted by Gasteiger charge is 2.12. The Morgan fingerprint density at radius 3 is 2.61 bits per heavy atom. The van der Waals surface area contributed by atoms with Crippen molar-refractivity contribution < 1.29 is 13.2 Å². The maximum Gasteiger partial charge on any atom is 0.153 e. The van der Waals surface area contributed by atoms with Gasteiger partial charge < -0.3 is 4.74 Å². The fourth-order valence-electron chi connectivity index (χ4n) is 1.50. The quantitative estimate of drug-likeness (QED) is 0.658. The van der Waals surface area contributed by atoms with Crippen LogP contribution < -0.4 is 4.74 Å². The number of halogens is 2. The van der Waals surface area contributed by atoms with E-state index in [1.165, 1.54) is 0 Å². The third-order valence-electron chi connectivity index (χ3n) is 2.35. The Hall–Kier alpha value is -0.0700. The summed E-state index contributed by atoms with van der Waals surface area (Å²) in [6, 6.07) is 5.73. The Morgan fingerprint density at radius 1 is 1.28 bits per heavy atom. The van der Waals surface area contributed by atoms with Gasteiger partial charge in [-0.05, 0) is 28.4 Å². The van der Waals surface area contributed by atoms with E-state index in [0.717, 1.165) is 10.0 Å². The first-order chi connectivity index (χ1) is 8.50. The second kappa shape index (κ2) is 7.50. The van der Waals surface area contributed by atoms with E-state index < -0.39 is 9.84 Å². The summed E-state index contributed by atoms with van der Waals surface area (Å²) in [7, 11) is -2.99. The molecule has 0 N–H and O–H groups in total. The molecule has 0 unspecified atom stereocenters. The number of benzene rings is 1. The van der Waals surface area contributed by atoms with Crippen LogP contribution in [0.25, 0.3) is 0 Å². The predicted octanol–water partition coefficient (Wildman–Crippen LogP) is 3.55. The van der Waals surface area contributed by atoms with Crippen LogP contribution in [0.15, 0.2) is 22.7 Å². The monoisotopic (exact) mass is 398 g/mol. The molecule has 0 saturated heterocycles. The molecule has 0 heterocycles. The number of sulfone groups is 1. The molecule has 3 nitrogen and oxygen atoms in total. The third-order valence-corrected chi connectivity index (χ3v) is 5.40. The summed E-state index contributed by atoms with van der Waals surface area (Å²) in [6.45, 7) is 2.04. The van der Waals surface area contributed by atoms with Crippen LogP contribution in [0.1, 0.15) is 18.9 Å². The molecule has 102 valence electrons. The van der Waals surface area contributed by atoms with E-state index in [4.69, 9.17) is 4.74 Å². The van der Waals surface area contributed by atoms with Gasteiger partial charge in [-0.15, -0.1) is 0 Å². The zero-order valence-corrected chi connectivity index (χ0v) is 14.1. The van der Waals surface area contributed by atoms with E-state index in [-0.39, 0.29) is 18.1 Å². The van der Waals surface area contributed by atoms with Crippen LogP contribution in [0.5, 0.6) is 5.75 Å². The van der Waals surface area contributed by atoms with Crippen molar-refractivity contribution in [3.05, 3.63) is 28.2 Å². The third kappa shape index (κ3) is 4.90. The van der Waals surface area contributed by atoms with Crippen LogP contribution in [0.2, 0.25) is 0 Å². The Morgan fingerprint density at radius 2 is 2.00 bits per heavy atom. The summed E-state index contributed by atoms with van der Waals surface area (Å²) in [5.41, 5.74) is 0.997. The molecule has 0 fully saturated rings. The number of rotatable bonds is 7. The fourth-order valence-corrected chi connectivity index (χ4v) is 3.63. The predicted molar refractivity (Wildman–Crippen MR) is 81.2 cm³/mol. The first kappa shape index (κ1) is 16.0. The second-order valence-electron chi connectivity index (χ2n) is 3.86. The summed E-state index contributed by atoms with van der Waals surface area (Å²) >= 11 is 6.78. The largest absolute Gasteiger partial charge is 0.491 e. The highest BCUT2D eigenvalue weighted by Crippen LogP contribution is 2.30. The van der Waals surface area contributed by atoms with Crippen molar-refractivity contribution in [2.24, 2.45) is 0 Å². The van der Waals surface area contributed by atoms with Gasteiger partial charge >= 0.3 is 0 Å². The zero-order valence-electron chi connectivity index (χ0n) is 10.2. The second-order valence-corrected chi connectivity index (χ2v) is 7.58. The Bertz CT molecular complexity index is 486. The van der Waals surface area contributed by atoms with Gasteiger partial charge in [-0.3, -0.25) is 0 Å². The van der Waals surface area contributed by atoms with Crippen molar-refractivity contribution in [3.63, 3.8) is 0 Å². The van der Waals surface area contributed by atoms with Gasteiger partial charge in [0.05, 0.1) is 16.0 Å². The maximum atomic E-state index is 11.6. The summed E-state index contributed by atoms with van der Waals surface area (Å²) in [5.74, 6) is 0.989. The lowest BCUT2D eigenvalue weighted by Gasteiger charge is -2.12. The Kier molecular flexibility index (Phi) is 6.66. The SMILES string of the molecule is CCCS(=O)(=O)CCOc1c(Br)cccc1CBr. The minimum atomic E-state index is -2.99. The van der Waals surface area contributed by atoms with E-state index in [1.807, 2.05) is 25.1 Å². The molecule has 1 rings (SSSR count). The van der Waals surface area contributed by atoms with Crippen LogP contribution in [-0.2, 0) is 15.2 Å². The molecule has 0 spiro atoms. The maximum absolute atomic E-state index is 11.6. The molecule has 0 saturated carbocycles. The lowest BCUT2D eigenvalue weighted by Crippen LogP contribution is -2.17. The van der Waals surface area contributed by atoms with Crippen LogP contribution in [0, 0.1) is 0 Å². The summed E-state index contributed by atoms with van der Waals surface area (Å²) < 4.78 is 29.5. The van der Waals surface area contributed by atoms with Crippen LogP contribution in [0.4, 0.5) is 0 Å². The van der Waals surface area contributed by atoms with E-state index in [9.17, 15) is 8.42 Å². The molecule has 1 aromatic rings. The van der Waals surface area contributed by atoms with Crippen molar-refractivity contribution in [2.75, 3.05) is 18.1 Å². The molecular weight excluding hydrogens is 384 g/mol. The van der Waals surface area contributed by atoms with Crippen molar-refractivity contribution in [2.45, 2.75) is 18.7 Å². The Labute approximate surface area is 125 Å². The molecule has 0 aliphatic carbocycles. The van der Waals surface area contributed by atoms with E-state index in [0.29, 0.717) is 17.5 Å². The first-order valence-corrected chi connectivity index (χ1v) is 9.40. The van der Waals surface area contributed by atoms with Crippen molar-refractivity contribution in [3.8, 4) is 5.75 Å². The first-order valence-electron chi connectivity index (χ1n) is 5.66. The van der Waals surface area contributed by atoms with Crippen molar-refractivity contribution >= 4 is 41.7 Å². The molecule has 0 aliphatic heterocycles. The van der Waals surface area contributed by atoms with Gasteiger partial charge in [0, 0.05) is 10.9 Å². The molecule has 0 amide bonds. The number of alkyl halides is 1. The number of ether oxygens (including phenoxy) is 1. The van der Waals surface area contributed by atoms with Crippen LogP contribution in [-0.4, -0.2) is 26.5 Å². The number of hydrogen-bond donors (Lipinski definition) is 0. The number of para-hydroxylation sites is 1. The molecule has 1 aromatic carbocycles. The molecular formula is C12H16Br2O3S. The standard InChI is InChI=1S/C12H16Br2O3S/c1-2-7-18(15,16)8-6-17-12-10(9-13)4-3-5-11(12)14/h3-5H,2,6-9H2,1H3. The average Bonchev–Trinajstić information content (AvgIpc) is 2.30. The molecule has 0 atom stereocenters. The van der Waals surface area contributed by atoms with Gasteiger partial charge in [-0.25, -0.2) is 8.42 Å². The van der Waals surface area contributed by atoms with E-state index in [2.05, 4.69) is 31.9 Å². The van der Waals surface area contributed by atoms with Crippen molar-refractivity contribution in [1.82, 2.24) is 0 Å². The van der Waals surface area contributed by atoms with Crippen LogP contribution in [0.3, 0.4) is 0 Å². The summed E-state index contributed by atoms with van der Waals surface area (Å²) in [5, 5.41) is 0.670. The smallest absolute Gasteiger partial charge is 0.153 e. The van der Waals surface area contributed by atoms with Gasteiger partial charge in [0.2, 0.25) is 0 Å². The summed E-state index contributed by atoms with van der Waals surface area (Å²) in [6.07, 6.45) is 0.643. The van der Waals surface area contributed by atoms with Crippen LogP contribution >= 0.6 is 31.9 Å². The highest BCUT2D eigenvalue weighted by atomic mass is 79.9.